The summed E-state index contributed by atoms with van der Waals surface area (Å²) in [5.74, 6) is -0.901. The number of carboxylic acid groups (broad SMARTS) is 1. The van der Waals surface area contributed by atoms with E-state index in [1.807, 2.05) is 6.07 Å². The van der Waals surface area contributed by atoms with Gasteiger partial charge in [0.1, 0.15) is 0 Å². The summed E-state index contributed by atoms with van der Waals surface area (Å²) in [4.78, 5) is 10.3. The highest BCUT2D eigenvalue weighted by atomic mass is 16.4. The average Bonchev–Trinajstić information content (AvgIpc) is 2.20. The van der Waals surface area contributed by atoms with Crippen molar-refractivity contribution in [3.63, 3.8) is 0 Å². The Hall–Kier alpha value is -1.84. The maximum absolute atomic E-state index is 10.3. The Labute approximate surface area is 81.5 Å². The van der Waals surface area contributed by atoms with E-state index in [9.17, 15) is 4.79 Å². The number of hydrogen-bond donors (Lipinski definition) is 2. The van der Waals surface area contributed by atoms with Crippen LogP contribution in [0.15, 0.2) is 35.5 Å². The van der Waals surface area contributed by atoms with Crippen LogP contribution in [0.25, 0.3) is 0 Å². The molecule has 0 aliphatic rings. The minimum absolute atomic E-state index is 0.0334. The molecule has 0 aliphatic carbocycles. The van der Waals surface area contributed by atoms with E-state index in [0.29, 0.717) is 5.71 Å². The monoisotopic (exact) mass is 193 g/mol. The molecule has 0 amide bonds. The van der Waals surface area contributed by atoms with E-state index >= 15 is 0 Å². The van der Waals surface area contributed by atoms with E-state index in [2.05, 4.69) is 5.16 Å². The van der Waals surface area contributed by atoms with E-state index < -0.39 is 5.97 Å². The lowest BCUT2D eigenvalue weighted by atomic mass is 10.1. The molecular formula is C10H11NO3. The maximum atomic E-state index is 10.3. The third kappa shape index (κ3) is 2.90. The molecule has 0 saturated carbocycles. The fourth-order valence-corrected chi connectivity index (χ4v) is 1.11. The van der Waals surface area contributed by atoms with E-state index in [4.69, 9.17) is 10.3 Å². The largest absolute Gasteiger partial charge is 0.481 e. The molecule has 0 unspecified atom stereocenters. The molecule has 2 N–H and O–H groups in total. The molecule has 0 spiro atoms. The standard InChI is InChI=1S/C10H11NO3/c12-10(13)7-6-9(11-14)8-4-2-1-3-5-8/h1-5,14H,6-7H2,(H,12,13). The number of carbonyl (C=O) groups is 1. The molecule has 74 valence electrons. The molecule has 1 aromatic carbocycles. The van der Waals surface area contributed by atoms with Crippen molar-refractivity contribution < 1.29 is 15.1 Å². The van der Waals surface area contributed by atoms with Gasteiger partial charge in [0.15, 0.2) is 0 Å². The molecular weight excluding hydrogens is 182 g/mol. The van der Waals surface area contributed by atoms with Crippen LogP contribution >= 0.6 is 0 Å². The normalized spacial score (nSPS) is 11.3. The first kappa shape index (κ1) is 10.2. The number of rotatable bonds is 4. The zero-order valence-corrected chi connectivity index (χ0v) is 7.55. The molecule has 4 heteroatoms. The highest BCUT2D eigenvalue weighted by Gasteiger charge is 2.06. The zero-order valence-electron chi connectivity index (χ0n) is 7.55. The second-order valence-corrected chi connectivity index (χ2v) is 2.81. The zero-order chi connectivity index (χ0) is 10.4. The summed E-state index contributed by atoms with van der Waals surface area (Å²) < 4.78 is 0. The molecule has 14 heavy (non-hydrogen) atoms. The van der Waals surface area contributed by atoms with E-state index in [1.54, 1.807) is 24.3 Å². The van der Waals surface area contributed by atoms with Crippen LogP contribution in [0.4, 0.5) is 0 Å². The van der Waals surface area contributed by atoms with Gasteiger partial charge in [0.05, 0.1) is 12.1 Å². The Bertz CT molecular complexity index is 332. The van der Waals surface area contributed by atoms with Gasteiger partial charge in [-0.2, -0.15) is 0 Å². The van der Waals surface area contributed by atoms with Gasteiger partial charge in [0, 0.05) is 6.42 Å². The second-order valence-electron chi connectivity index (χ2n) is 2.81. The summed E-state index contributed by atoms with van der Waals surface area (Å²) in [5.41, 5.74) is 1.14. The first-order valence-corrected chi connectivity index (χ1v) is 4.22. The molecule has 0 fully saturated rings. The molecule has 0 saturated heterocycles. The van der Waals surface area contributed by atoms with Crippen LogP contribution in [-0.2, 0) is 4.79 Å². The van der Waals surface area contributed by atoms with E-state index in [0.717, 1.165) is 5.56 Å². The Morgan fingerprint density at radius 1 is 1.21 bits per heavy atom. The summed E-state index contributed by atoms with van der Waals surface area (Å²) in [6, 6.07) is 9.01. The molecule has 0 aliphatic heterocycles. The molecule has 0 heterocycles. The number of nitrogens with zero attached hydrogens (tertiary/aromatic N) is 1. The topological polar surface area (TPSA) is 69.9 Å². The van der Waals surface area contributed by atoms with Crippen molar-refractivity contribution >= 4 is 11.7 Å². The number of benzene rings is 1. The molecule has 0 radical (unpaired) electrons. The predicted molar refractivity (Wildman–Crippen MR) is 51.6 cm³/mol. The molecule has 4 nitrogen and oxygen atoms in total. The van der Waals surface area contributed by atoms with Gasteiger partial charge in [0.2, 0.25) is 0 Å². The minimum Gasteiger partial charge on any atom is -0.481 e. The molecule has 1 rings (SSSR count). The number of hydrogen-bond acceptors (Lipinski definition) is 3. The Kier molecular flexibility index (Phi) is 3.67. The van der Waals surface area contributed by atoms with Crippen LogP contribution < -0.4 is 0 Å². The van der Waals surface area contributed by atoms with Crippen molar-refractivity contribution in [1.82, 2.24) is 0 Å². The fourth-order valence-electron chi connectivity index (χ4n) is 1.11. The van der Waals surface area contributed by atoms with Crippen LogP contribution in [0.2, 0.25) is 0 Å². The molecule has 0 aromatic heterocycles. The van der Waals surface area contributed by atoms with Crippen LogP contribution in [-0.4, -0.2) is 22.0 Å². The highest BCUT2D eigenvalue weighted by Crippen LogP contribution is 2.06. The number of oxime groups is 1. The van der Waals surface area contributed by atoms with Gasteiger partial charge in [-0.1, -0.05) is 35.5 Å². The van der Waals surface area contributed by atoms with Crippen molar-refractivity contribution in [2.24, 2.45) is 5.16 Å². The van der Waals surface area contributed by atoms with Crippen molar-refractivity contribution in [1.29, 1.82) is 0 Å². The van der Waals surface area contributed by atoms with E-state index in [1.165, 1.54) is 0 Å². The van der Waals surface area contributed by atoms with E-state index in [-0.39, 0.29) is 12.8 Å². The summed E-state index contributed by atoms with van der Waals surface area (Å²) in [6.45, 7) is 0. The fraction of sp³-hybridized carbons (Fsp3) is 0.200. The predicted octanol–water partition coefficient (Wildman–Crippen LogP) is 1.73. The summed E-state index contributed by atoms with van der Waals surface area (Å²) in [6.07, 6.45) is 0.199. The van der Waals surface area contributed by atoms with Gasteiger partial charge in [-0.05, 0) is 5.56 Å². The summed E-state index contributed by atoms with van der Waals surface area (Å²) in [5, 5.41) is 20.2. The van der Waals surface area contributed by atoms with Crippen molar-refractivity contribution in [3.8, 4) is 0 Å². The lowest BCUT2D eigenvalue weighted by Crippen LogP contribution is -2.05. The average molecular weight is 193 g/mol. The van der Waals surface area contributed by atoms with Crippen LogP contribution in [0, 0.1) is 0 Å². The summed E-state index contributed by atoms with van der Waals surface area (Å²) in [7, 11) is 0. The lowest BCUT2D eigenvalue weighted by Gasteiger charge is -2.01. The van der Waals surface area contributed by atoms with Crippen molar-refractivity contribution in [2.75, 3.05) is 0 Å². The maximum Gasteiger partial charge on any atom is 0.303 e. The number of aliphatic carboxylic acids is 1. The van der Waals surface area contributed by atoms with Gasteiger partial charge >= 0.3 is 5.97 Å². The summed E-state index contributed by atoms with van der Waals surface area (Å²) >= 11 is 0. The van der Waals surface area contributed by atoms with Gasteiger partial charge in [0.25, 0.3) is 0 Å². The first-order valence-electron chi connectivity index (χ1n) is 4.22. The first-order chi connectivity index (χ1) is 6.74. The Balaban J connectivity index is 2.69. The van der Waals surface area contributed by atoms with Crippen molar-refractivity contribution in [3.05, 3.63) is 35.9 Å². The van der Waals surface area contributed by atoms with Gasteiger partial charge in [-0.15, -0.1) is 0 Å². The third-order valence-electron chi connectivity index (χ3n) is 1.80. The lowest BCUT2D eigenvalue weighted by molar-refractivity contribution is -0.136. The quantitative estimate of drug-likeness (QED) is 0.434. The van der Waals surface area contributed by atoms with Gasteiger partial charge in [-0.25, -0.2) is 0 Å². The van der Waals surface area contributed by atoms with Crippen LogP contribution in [0.1, 0.15) is 18.4 Å². The Morgan fingerprint density at radius 2 is 1.86 bits per heavy atom. The van der Waals surface area contributed by atoms with Gasteiger partial charge in [-0.3, -0.25) is 4.79 Å². The molecule has 0 bridgehead atoms. The third-order valence-corrected chi connectivity index (χ3v) is 1.80. The number of carboxylic acids is 1. The van der Waals surface area contributed by atoms with Crippen molar-refractivity contribution in [2.45, 2.75) is 12.8 Å². The minimum atomic E-state index is -0.901. The second kappa shape index (κ2) is 5.01. The van der Waals surface area contributed by atoms with Gasteiger partial charge < -0.3 is 10.3 Å². The van der Waals surface area contributed by atoms with Crippen LogP contribution in [0.5, 0.6) is 0 Å². The Morgan fingerprint density at radius 3 is 2.36 bits per heavy atom. The molecule has 1 aromatic rings. The highest BCUT2D eigenvalue weighted by molar-refractivity contribution is 6.01. The smallest absolute Gasteiger partial charge is 0.303 e. The SMILES string of the molecule is O=C(O)CCC(=NO)c1ccccc1. The van der Waals surface area contributed by atoms with Crippen LogP contribution in [0.3, 0.4) is 0 Å². The molecule has 0 atom stereocenters.